The van der Waals surface area contributed by atoms with Gasteiger partial charge in [-0.25, -0.2) is 9.78 Å². The summed E-state index contributed by atoms with van der Waals surface area (Å²) in [5, 5.41) is 0. The van der Waals surface area contributed by atoms with Crippen LogP contribution in [0.4, 0.5) is 0 Å². The summed E-state index contributed by atoms with van der Waals surface area (Å²) >= 11 is 0. The number of benzene rings is 4. The van der Waals surface area contributed by atoms with E-state index in [1.165, 1.54) is 11.6 Å². The first-order valence-electron chi connectivity index (χ1n) is 15.7. The molecule has 0 spiro atoms. The standard InChI is InChI=1S/C38H37N5O5/c1-40-36-35(37(45)41(2)38(40)46)43(27-39-36)21-20-42(23-28-12-6-3-7-13-28)24-32(44)31-18-19-33(47-25-29-14-8-4-9-15-29)34(22-31)48-26-30-16-10-5-11-17-30/h3-19,22,27H,20-21,23-26H2,1-2H3. The number of carbonyl (C=O) groups is 1. The number of fused-ring (bicyclic) bond motifs is 1. The fraction of sp³-hybridized carbons (Fsp3) is 0.211. The number of aryl methyl sites for hydroxylation is 1. The van der Waals surface area contributed by atoms with Crippen LogP contribution in [0.1, 0.15) is 27.0 Å². The molecular formula is C38H37N5O5. The zero-order valence-electron chi connectivity index (χ0n) is 27.0. The van der Waals surface area contributed by atoms with Crippen LogP contribution in [0.25, 0.3) is 11.2 Å². The second-order valence-corrected chi connectivity index (χ2v) is 11.6. The third-order valence-corrected chi connectivity index (χ3v) is 8.23. The Balaban J connectivity index is 1.24. The maximum absolute atomic E-state index is 13.9. The van der Waals surface area contributed by atoms with Crippen molar-refractivity contribution in [1.82, 2.24) is 23.6 Å². The van der Waals surface area contributed by atoms with Gasteiger partial charge in [0.15, 0.2) is 28.4 Å². The summed E-state index contributed by atoms with van der Waals surface area (Å²) in [7, 11) is 3.05. The van der Waals surface area contributed by atoms with Crippen LogP contribution >= 0.6 is 0 Å². The average Bonchev–Trinajstić information content (AvgIpc) is 3.56. The van der Waals surface area contributed by atoms with Gasteiger partial charge in [-0.15, -0.1) is 0 Å². The van der Waals surface area contributed by atoms with Gasteiger partial charge in [0.05, 0.1) is 12.9 Å². The molecule has 0 amide bonds. The van der Waals surface area contributed by atoms with Gasteiger partial charge in [0.25, 0.3) is 5.56 Å². The first-order chi connectivity index (χ1) is 23.4. The lowest BCUT2D eigenvalue weighted by molar-refractivity contribution is 0.0922. The molecule has 0 bridgehead atoms. The lowest BCUT2D eigenvalue weighted by Gasteiger charge is -2.22. The van der Waals surface area contributed by atoms with Gasteiger partial charge in [-0.1, -0.05) is 91.0 Å². The summed E-state index contributed by atoms with van der Waals surface area (Å²) in [5.74, 6) is 0.955. The van der Waals surface area contributed by atoms with Crippen LogP contribution in [-0.2, 0) is 40.4 Å². The van der Waals surface area contributed by atoms with Gasteiger partial charge in [-0.2, -0.15) is 0 Å². The van der Waals surface area contributed by atoms with Crippen LogP contribution in [-0.4, -0.2) is 42.5 Å². The molecule has 6 aromatic rings. The maximum atomic E-state index is 13.9. The third-order valence-electron chi connectivity index (χ3n) is 8.23. The number of Topliss-reactive ketones (excluding diaryl/α,β-unsaturated/α-hetero) is 1. The Morgan fingerprint density at radius 3 is 1.94 bits per heavy atom. The van der Waals surface area contributed by atoms with Crippen LogP contribution in [0.3, 0.4) is 0 Å². The molecule has 10 heteroatoms. The summed E-state index contributed by atoms with van der Waals surface area (Å²) in [4.78, 5) is 45.7. The van der Waals surface area contributed by atoms with E-state index in [-0.39, 0.29) is 12.3 Å². The molecule has 0 radical (unpaired) electrons. The Kier molecular flexibility index (Phi) is 9.92. The lowest BCUT2D eigenvalue weighted by atomic mass is 10.1. The van der Waals surface area contributed by atoms with E-state index in [1.807, 2.05) is 95.9 Å². The molecule has 4 aromatic carbocycles. The van der Waals surface area contributed by atoms with E-state index >= 15 is 0 Å². The van der Waals surface area contributed by atoms with Crippen molar-refractivity contribution in [2.75, 3.05) is 13.1 Å². The van der Waals surface area contributed by atoms with E-state index in [4.69, 9.17) is 9.47 Å². The fourth-order valence-corrected chi connectivity index (χ4v) is 5.55. The quantitative estimate of drug-likeness (QED) is 0.155. The van der Waals surface area contributed by atoms with Crippen molar-refractivity contribution in [2.45, 2.75) is 26.3 Å². The van der Waals surface area contributed by atoms with Crippen LogP contribution in [0, 0.1) is 0 Å². The highest BCUT2D eigenvalue weighted by atomic mass is 16.5. The molecule has 2 aromatic heterocycles. The van der Waals surface area contributed by atoms with Gasteiger partial charge in [0.2, 0.25) is 0 Å². The van der Waals surface area contributed by atoms with Crippen LogP contribution in [0.15, 0.2) is 125 Å². The molecular weight excluding hydrogens is 606 g/mol. The smallest absolute Gasteiger partial charge is 0.332 e. The SMILES string of the molecule is Cn1c(=O)c2c(ncn2CCN(CC(=O)c2ccc(OCc3ccccc3)c(OCc3ccccc3)c2)Cc2ccccc2)n(C)c1=O. The van der Waals surface area contributed by atoms with E-state index in [1.54, 1.807) is 36.1 Å². The summed E-state index contributed by atoms with van der Waals surface area (Å²) in [6.07, 6.45) is 1.57. The summed E-state index contributed by atoms with van der Waals surface area (Å²) in [6, 6.07) is 34.9. The number of ether oxygens (including phenoxy) is 2. The number of rotatable bonds is 14. The molecule has 0 saturated heterocycles. The monoisotopic (exact) mass is 643 g/mol. The molecule has 0 aliphatic carbocycles. The van der Waals surface area contributed by atoms with Gasteiger partial charge in [-0.3, -0.25) is 23.6 Å². The van der Waals surface area contributed by atoms with Crippen LogP contribution in [0.5, 0.6) is 11.5 Å². The highest BCUT2D eigenvalue weighted by molar-refractivity contribution is 5.98. The van der Waals surface area contributed by atoms with Gasteiger partial charge < -0.3 is 14.0 Å². The van der Waals surface area contributed by atoms with Crippen molar-refractivity contribution in [3.8, 4) is 11.5 Å². The molecule has 0 aliphatic heterocycles. The van der Waals surface area contributed by atoms with Gasteiger partial charge >= 0.3 is 5.69 Å². The van der Waals surface area contributed by atoms with Crippen molar-refractivity contribution >= 4 is 16.9 Å². The van der Waals surface area contributed by atoms with Gasteiger partial charge in [-0.05, 0) is 34.9 Å². The number of imidazole rings is 1. The minimum absolute atomic E-state index is 0.0844. The van der Waals surface area contributed by atoms with Crippen molar-refractivity contribution in [3.05, 3.63) is 159 Å². The molecule has 0 aliphatic rings. The Bertz CT molecular complexity index is 2120. The Morgan fingerprint density at radius 1 is 0.729 bits per heavy atom. The first-order valence-corrected chi connectivity index (χ1v) is 15.7. The first kappa shape index (κ1) is 32.2. The second kappa shape index (κ2) is 14.8. The highest BCUT2D eigenvalue weighted by Gasteiger charge is 2.19. The van der Waals surface area contributed by atoms with Crippen molar-refractivity contribution in [1.29, 1.82) is 0 Å². The molecule has 48 heavy (non-hydrogen) atoms. The van der Waals surface area contributed by atoms with E-state index in [9.17, 15) is 14.4 Å². The molecule has 0 atom stereocenters. The number of ketones is 1. The average molecular weight is 644 g/mol. The molecule has 10 nitrogen and oxygen atoms in total. The summed E-state index contributed by atoms with van der Waals surface area (Å²) in [5.41, 5.74) is 3.40. The minimum atomic E-state index is -0.433. The van der Waals surface area contributed by atoms with Crippen molar-refractivity contribution < 1.29 is 14.3 Å². The molecule has 6 rings (SSSR count). The topological polar surface area (TPSA) is 101 Å². The largest absolute Gasteiger partial charge is 0.485 e. The Hall–Kier alpha value is -5.74. The zero-order valence-corrected chi connectivity index (χ0v) is 27.0. The molecule has 244 valence electrons. The number of carbonyl (C=O) groups excluding carboxylic acids is 1. The third kappa shape index (κ3) is 7.45. The summed E-state index contributed by atoms with van der Waals surface area (Å²) in [6.45, 7) is 2.17. The zero-order chi connectivity index (χ0) is 33.5. The van der Waals surface area contributed by atoms with Gasteiger partial charge in [0.1, 0.15) is 13.2 Å². The van der Waals surface area contributed by atoms with Crippen molar-refractivity contribution in [3.63, 3.8) is 0 Å². The van der Waals surface area contributed by atoms with Gasteiger partial charge in [0, 0.05) is 39.3 Å². The van der Waals surface area contributed by atoms with E-state index in [0.29, 0.717) is 61.1 Å². The maximum Gasteiger partial charge on any atom is 0.332 e. The van der Waals surface area contributed by atoms with Crippen LogP contribution in [0.2, 0.25) is 0 Å². The molecule has 0 N–H and O–H groups in total. The number of hydrogen-bond donors (Lipinski definition) is 0. The lowest BCUT2D eigenvalue weighted by Crippen LogP contribution is -2.38. The predicted molar refractivity (Wildman–Crippen MR) is 184 cm³/mol. The second-order valence-electron chi connectivity index (χ2n) is 11.6. The summed E-state index contributed by atoms with van der Waals surface area (Å²) < 4.78 is 16.6. The Morgan fingerprint density at radius 2 is 1.31 bits per heavy atom. The molecule has 0 unspecified atom stereocenters. The highest BCUT2D eigenvalue weighted by Crippen LogP contribution is 2.30. The molecule has 0 saturated carbocycles. The van der Waals surface area contributed by atoms with E-state index in [0.717, 1.165) is 21.3 Å². The van der Waals surface area contributed by atoms with Crippen LogP contribution < -0.4 is 20.7 Å². The van der Waals surface area contributed by atoms with Crippen molar-refractivity contribution in [2.24, 2.45) is 14.1 Å². The van der Waals surface area contributed by atoms with E-state index < -0.39 is 11.2 Å². The number of nitrogens with zero attached hydrogens (tertiary/aromatic N) is 5. The fourth-order valence-electron chi connectivity index (χ4n) is 5.55. The predicted octanol–water partition coefficient (Wildman–Crippen LogP) is 4.98. The molecule has 0 fully saturated rings. The normalized spacial score (nSPS) is 11.2. The molecule has 2 heterocycles. The minimum Gasteiger partial charge on any atom is -0.485 e. The van der Waals surface area contributed by atoms with E-state index in [2.05, 4.69) is 4.98 Å². The Labute approximate surface area is 278 Å². The number of hydrogen-bond acceptors (Lipinski definition) is 7. The number of aromatic nitrogens is 4.